The first-order valence-corrected chi connectivity index (χ1v) is 10.9. The average molecular weight is 490 g/mol. The van der Waals surface area contributed by atoms with Gasteiger partial charge in [-0.15, -0.1) is 0 Å². The number of nitrogens with one attached hydrogen (secondary N) is 1. The number of fused-ring (bicyclic) bond motifs is 1. The average Bonchev–Trinajstić information content (AvgIpc) is 2.87. The Balaban J connectivity index is 1.93. The maximum atomic E-state index is 12.9. The maximum absolute atomic E-state index is 12.9. The molecule has 3 aromatic rings. The molecule has 0 aliphatic rings. The summed E-state index contributed by atoms with van der Waals surface area (Å²) in [6, 6.07) is 7.10. The van der Waals surface area contributed by atoms with E-state index in [-0.39, 0.29) is 31.0 Å². The predicted molar refractivity (Wildman–Crippen MR) is 130 cm³/mol. The van der Waals surface area contributed by atoms with Crippen molar-refractivity contribution in [3.05, 3.63) is 40.2 Å². The zero-order valence-electron chi connectivity index (χ0n) is 20.5. The quantitative estimate of drug-likeness (QED) is 0.344. The third-order valence-corrected chi connectivity index (χ3v) is 5.50. The lowest BCUT2D eigenvalue weighted by Gasteiger charge is -2.21. The molecule has 0 amide bonds. The monoisotopic (exact) mass is 489 g/mol. The predicted octanol–water partition coefficient (Wildman–Crippen LogP) is 1.57. The van der Waals surface area contributed by atoms with Crippen LogP contribution in [0.1, 0.15) is 5.56 Å². The van der Waals surface area contributed by atoms with Crippen molar-refractivity contribution in [1.82, 2.24) is 9.97 Å². The number of hydrogen-bond donors (Lipinski definition) is 3. The minimum absolute atomic E-state index is 0.134. The summed E-state index contributed by atoms with van der Waals surface area (Å²) < 4.78 is 27.3. The summed E-state index contributed by atoms with van der Waals surface area (Å²) in [6.07, 6.45) is 0. The van der Waals surface area contributed by atoms with Gasteiger partial charge in [-0.3, -0.25) is 4.79 Å². The van der Waals surface area contributed by atoms with Crippen molar-refractivity contribution in [2.45, 2.75) is 6.54 Å². The van der Waals surface area contributed by atoms with E-state index in [2.05, 4.69) is 9.97 Å². The summed E-state index contributed by atoms with van der Waals surface area (Å²) in [5, 5.41) is 18.8. The molecule has 0 aliphatic heterocycles. The number of aromatic nitrogens is 2. The van der Waals surface area contributed by atoms with E-state index in [1.54, 1.807) is 30.1 Å². The van der Waals surface area contributed by atoms with Crippen molar-refractivity contribution in [2.24, 2.45) is 5.92 Å². The molecular weight excluding hydrogens is 458 g/mol. The van der Waals surface area contributed by atoms with Gasteiger partial charge in [-0.2, -0.15) is 4.98 Å². The Bertz CT molecular complexity index is 1210. The van der Waals surface area contributed by atoms with E-state index in [4.69, 9.17) is 23.7 Å². The molecular formula is C24H31N3O8. The van der Waals surface area contributed by atoms with Gasteiger partial charge in [0.05, 0.1) is 53.8 Å². The van der Waals surface area contributed by atoms with Crippen molar-refractivity contribution in [1.29, 1.82) is 0 Å². The van der Waals surface area contributed by atoms with E-state index in [0.29, 0.717) is 41.0 Å². The summed E-state index contributed by atoms with van der Waals surface area (Å²) in [6.45, 7) is 0.144. The Kier molecular flexibility index (Phi) is 8.61. The van der Waals surface area contributed by atoms with Gasteiger partial charge in [-0.05, 0) is 17.7 Å². The maximum Gasteiger partial charge on any atom is 0.286 e. The molecule has 1 aromatic heterocycles. The van der Waals surface area contributed by atoms with Crippen LogP contribution in [0, 0.1) is 5.92 Å². The van der Waals surface area contributed by atoms with E-state index in [1.807, 2.05) is 6.07 Å². The Morgan fingerprint density at radius 3 is 2.23 bits per heavy atom. The molecule has 11 nitrogen and oxygen atoms in total. The topological polar surface area (TPSA) is 136 Å². The van der Waals surface area contributed by atoms with E-state index in [0.717, 1.165) is 5.56 Å². The lowest BCUT2D eigenvalue weighted by atomic mass is 10.1. The number of aromatic amines is 1. The highest BCUT2D eigenvalue weighted by molar-refractivity contribution is 5.90. The van der Waals surface area contributed by atoms with E-state index < -0.39 is 11.5 Å². The van der Waals surface area contributed by atoms with Crippen molar-refractivity contribution in [3.8, 4) is 28.7 Å². The number of aliphatic hydroxyl groups excluding tert-OH is 2. The molecule has 0 bridgehead atoms. The van der Waals surface area contributed by atoms with Gasteiger partial charge in [0.25, 0.3) is 5.56 Å². The van der Waals surface area contributed by atoms with Crippen LogP contribution in [0.3, 0.4) is 0 Å². The number of H-pyrrole nitrogens is 1. The molecule has 0 saturated carbocycles. The van der Waals surface area contributed by atoms with Gasteiger partial charge in [0.15, 0.2) is 23.0 Å². The molecule has 3 rings (SSSR count). The highest BCUT2D eigenvalue weighted by Crippen LogP contribution is 2.41. The van der Waals surface area contributed by atoms with Crippen LogP contribution >= 0.6 is 0 Å². The van der Waals surface area contributed by atoms with Gasteiger partial charge in [0.2, 0.25) is 11.7 Å². The third kappa shape index (κ3) is 5.52. The fourth-order valence-corrected chi connectivity index (χ4v) is 3.60. The smallest absolute Gasteiger partial charge is 0.286 e. The number of nitrogens with zero attached hydrogens (tertiary/aromatic N) is 2. The molecule has 0 atom stereocenters. The first kappa shape index (κ1) is 25.9. The Labute approximate surface area is 202 Å². The molecule has 2 aromatic carbocycles. The number of aliphatic hydroxyl groups is 2. The number of benzene rings is 2. The summed E-state index contributed by atoms with van der Waals surface area (Å²) in [5.41, 5.74) is 0.871. The molecule has 0 fully saturated rings. The number of rotatable bonds is 12. The Hall–Kier alpha value is -3.70. The van der Waals surface area contributed by atoms with Crippen LogP contribution in [0.15, 0.2) is 29.1 Å². The number of methoxy groups -OCH3 is 4. The van der Waals surface area contributed by atoms with Crippen molar-refractivity contribution < 1.29 is 33.9 Å². The molecule has 3 N–H and O–H groups in total. The molecule has 0 radical (unpaired) electrons. The molecule has 0 unspecified atom stereocenters. The van der Waals surface area contributed by atoms with Gasteiger partial charge in [-0.25, -0.2) is 0 Å². The second-order valence-electron chi connectivity index (χ2n) is 7.82. The van der Waals surface area contributed by atoms with Gasteiger partial charge in [0, 0.05) is 25.6 Å². The van der Waals surface area contributed by atoms with Crippen LogP contribution in [-0.2, 0) is 6.54 Å². The standard InChI is InChI=1S/C24H31N3O8/c1-27(10-14-6-7-17(31-2)18(8-14)35-13-15(11-28)12-29)24-25-16-9-19(32-3)21(33-4)22(34-5)20(16)23(30)26-24/h6-9,15,28-29H,10-13H2,1-5H3,(H,25,26,30). The molecule has 1 heterocycles. The van der Waals surface area contributed by atoms with Gasteiger partial charge in [0.1, 0.15) is 5.39 Å². The summed E-state index contributed by atoms with van der Waals surface area (Å²) >= 11 is 0. The van der Waals surface area contributed by atoms with Crippen molar-refractivity contribution >= 4 is 16.9 Å². The summed E-state index contributed by atoms with van der Waals surface area (Å²) in [7, 11) is 7.74. The highest BCUT2D eigenvalue weighted by Gasteiger charge is 2.21. The molecule has 190 valence electrons. The van der Waals surface area contributed by atoms with Crippen LogP contribution in [0.5, 0.6) is 28.7 Å². The Morgan fingerprint density at radius 2 is 1.63 bits per heavy atom. The summed E-state index contributed by atoms with van der Waals surface area (Å²) in [5.74, 6) is 1.91. The molecule has 0 spiro atoms. The van der Waals surface area contributed by atoms with Crippen LogP contribution in [-0.4, -0.2) is 75.5 Å². The zero-order valence-corrected chi connectivity index (χ0v) is 20.5. The highest BCUT2D eigenvalue weighted by atomic mass is 16.5. The van der Waals surface area contributed by atoms with Gasteiger partial charge >= 0.3 is 0 Å². The molecule has 11 heteroatoms. The minimum Gasteiger partial charge on any atom is -0.493 e. The number of hydrogen-bond acceptors (Lipinski definition) is 10. The van der Waals surface area contributed by atoms with Crippen molar-refractivity contribution in [3.63, 3.8) is 0 Å². The van der Waals surface area contributed by atoms with Gasteiger partial charge in [-0.1, -0.05) is 6.07 Å². The minimum atomic E-state index is -0.476. The largest absolute Gasteiger partial charge is 0.493 e. The number of anilines is 1. The van der Waals surface area contributed by atoms with E-state index in [9.17, 15) is 15.0 Å². The number of ether oxygens (including phenoxy) is 5. The second-order valence-corrected chi connectivity index (χ2v) is 7.82. The first-order chi connectivity index (χ1) is 16.9. The van der Waals surface area contributed by atoms with Gasteiger partial charge < -0.3 is 43.8 Å². The first-order valence-electron chi connectivity index (χ1n) is 10.9. The van der Waals surface area contributed by atoms with E-state index >= 15 is 0 Å². The normalized spacial score (nSPS) is 11.0. The van der Waals surface area contributed by atoms with Crippen LogP contribution in [0.25, 0.3) is 10.9 Å². The van der Waals surface area contributed by atoms with Crippen molar-refractivity contribution in [2.75, 3.05) is 60.2 Å². The molecule has 0 aliphatic carbocycles. The second kappa shape index (κ2) is 11.6. The summed E-state index contributed by atoms with van der Waals surface area (Å²) in [4.78, 5) is 22.1. The SMILES string of the molecule is COc1ccc(CN(C)c2nc(=O)c3c(OC)c(OC)c(OC)cc3[nH]2)cc1OCC(CO)CO. The van der Waals surface area contributed by atoms with Crippen LogP contribution in [0.2, 0.25) is 0 Å². The lowest BCUT2D eigenvalue weighted by Crippen LogP contribution is -2.23. The fourth-order valence-electron chi connectivity index (χ4n) is 3.60. The third-order valence-electron chi connectivity index (χ3n) is 5.50. The lowest BCUT2D eigenvalue weighted by molar-refractivity contribution is 0.105. The Morgan fingerprint density at radius 1 is 0.943 bits per heavy atom. The zero-order chi connectivity index (χ0) is 25.5. The van der Waals surface area contributed by atoms with E-state index in [1.165, 1.54) is 28.4 Å². The van der Waals surface area contributed by atoms with Crippen LogP contribution in [0.4, 0.5) is 5.95 Å². The van der Waals surface area contributed by atoms with Crippen LogP contribution < -0.4 is 34.1 Å². The fraction of sp³-hybridized carbons (Fsp3) is 0.417. The molecule has 35 heavy (non-hydrogen) atoms. The molecule has 0 saturated heterocycles.